The quantitative estimate of drug-likeness (QED) is 0.266. The van der Waals surface area contributed by atoms with E-state index in [0.29, 0.717) is 0 Å². The van der Waals surface area contributed by atoms with Crippen LogP contribution >= 0.6 is 22.6 Å². The summed E-state index contributed by atoms with van der Waals surface area (Å²) in [6, 6.07) is 9.34. The molecule has 2 fully saturated rings. The minimum atomic E-state index is -1.43. The van der Waals surface area contributed by atoms with E-state index in [1.807, 2.05) is 52.9 Å². The zero-order chi connectivity index (χ0) is 23.6. The molecule has 1 aromatic heterocycles. The highest BCUT2D eigenvalue weighted by molar-refractivity contribution is 14.1. The van der Waals surface area contributed by atoms with E-state index in [4.69, 9.17) is 23.7 Å². The molecular weight excluding hydrogens is 551 g/mol. The molecule has 1 aromatic carbocycles. The third-order valence-electron chi connectivity index (χ3n) is 5.39. The highest BCUT2D eigenvalue weighted by atomic mass is 127. The summed E-state index contributed by atoms with van der Waals surface area (Å²) in [6.45, 7) is 1.15. The number of fused-ring (bicyclic) bond motifs is 1. The van der Waals surface area contributed by atoms with Crippen molar-refractivity contribution in [2.45, 2.75) is 44.5 Å². The van der Waals surface area contributed by atoms with Gasteiger partial charge in [-0.05, 0) is 12.5 Å². The van der Waals surface area contributed by atoms with E-state index >= 15 is 0 Å². The predicted octanol–water partition coefficient (Wildman–Crippen LogP) is 1.07. The highest BCUT2D eigenvalue weighted by Gasteiger charge is 2.64. The second kappa shape index (κ2) is 9.93. The SMILES string of the molecule is Cc1cn([C@@H]2O[C@@](CI)(OCCO)C3OC(=O)O[C@@H]32)c(=O)n(COCc2ccccc2)c1=O. The van der Waals surface area contributed by atoms with Gasteiger partial charge in [0, 0.05) is 11.8 Å². The van der Waals surface area contributed by atoms with Gasteiger partial charge in [0.1, 0.15) is 6.73 Å². The summed E-state index contributed by atoms with van der Waals surface area (Å²) in [5, 5.41) is 9.20. The molecule has 0 bridgehead atoms. The molecule has 1 unspecified atom stereocenters. The first kappa shape index (κ1) is 23.9. The fraction of sp³-hybridized carbons (Fsp3) is 0.476. The van der Waals surface area contributed by atoms with Crippen LogP contribution in [0.3, 0.4) is 0 Å². The Labute approximate surface area is 201 Å². The van der Waals surface area contributed by atoms with Gasteiger partial charge in [0.2, 0.25) is 11.9 Å². The molecule has 4 atom stereocenters. The van der Waals surface area contributed by atoms with Crippen LogP contribution in [0.5, 0.6) is 0 Å². The van der Waals surface area contributed by atoms with Crippen molar-refractivity contribution in [3.8, 4) is 0 Å². The lowest BCUT2D eigenvalue weighted by molar-refractivity contribution is -0.254. The van der Waals surface area contributed by atoms with E-state index in [0.717, 1.165) is 10.1 Å². The number of aliphatic hydroxyl groups is 1. The highest BCUT2D eigenvalue weighted by Crippen LogP contribution is 2.45. The number of carbonyl (C=O) groups is 1. The van der Waals surface area contributed by atoms with Crippen molar-refractivity contribution in [1.29, 1.82) is 0 Å². The molecule has 0 spiro atoms. The average molecular weight is 574 g/mol. The number of ether oxygens (including phenoxy) is 5. The molecule has 11 nitrogen and oxygen atoms in total. The lowest BCUT2D eigenvalue weighted by Crippen LogP contribution is -2.47. The molecule has 0 radical (unpaired) electrons. The van der Waals surface area contributed by atoms with E-state index in [-0.39, 0.29) is 36.5 Å². The van der Waals surface area contributed by atoms with Gasteiger partial charge in [-0.1, -0.05) is 52.9 Å². The van der Waals surface area contributed by atoms with Crippen LogP contribution in [0.2, 0.25) is 0 Å². The molecule has 3 heterocycles. The van der Waals surface area contributed by atoms with Crippen LogP contribution in [-0.2, 0) is 37.0 Å². The maximum absolute atomic E-state index is 13.3. The Kier molecular flexibility index (Phi) is 7.19. The van der Waals surface area contributed by atoms with E-state index in [1.165, 1.54) is 10.8 Å². The number of aliphatic hydroxyl groups excluding tert-OH is 1. The fourth-order valence-electron chi connectivity index (χ4n) is 3.84. The van der Waals surface area contributed by atoms with Gasteiger partial charge in [0.15, 0.2) is 12.3 Å². The van der Waals surface area contributed by atoms with Crippen LogP contribution in [0.1, 0.15) is 17.4 Å². The molecular formula is C21H23IN2O9. The van der Waals surface area contributed by atoms with Crippen LogP contribution in [-0.4, -0.2) is 56.0 Å². The van der Waals surface area contributed by atoms with Crippen LogP contribution in [0, 0.1) is 6.92 Å². The Hall–Kier alpha value is -2.26. The number of carbonyl (C=O) groups excluding carboxylic acids is 1. The van der Waals surface area contributed by atoms with Gasteiger partial charge in [-0.25, -0.2) is 14.2 Å². The van der Waals surface area contributed by atoms with Gasteiger partial charge in [0.05, 0.1) is 24.2 Å². The summed E-state index contributed by atoms with van der Waals surface area (Å²) in [4.78, 5) is 37.8. The van der Waals surface area contributed by atoms with Crippen molar-refractivity contribution in [1.82, 2.24) is 9.13 Å². The predicted molar refractivity (Wildman–Crippen MR) is 121 cm³/mol. The third kappa shape index (κ3) is 4.57. The molecule has 178 valence electrons. The van der Waals surface area contributed by atoms with E-state index in [2.05, 4.69) is 0 Å². The molecule has 2 saturated heterocycles. The number of aryl methyl sites for hydroxylation is 1. The molecule has 4 rings (SSSR count). The summed E-state index contributed by atoms with van der Waals surface area (Å²) < 4.78 is 30.3. The van der Waals surface area contributed by atoms with Gasteiger partial charge in [0.25, 0.3) is 5.56 Å². The number of rotatable bonds is 9. The Balaban J connectivity index is 1.65. The van der Waals surface area contributed by atoms with E-state index < -0.39 is 41.6 Å². The van der Waals surface area contributed by atoms with Crippen molar-refractivity contribution in [3.63, 3.8) is 0 Å². The first-order valence-electron chi connectivity index (χ1n) is 10.2. The summed E-state index contributed by atoms with van der Waals surface area (Å²) in [7, 11) is 0. The minimum absolute atomic E-state index is 0.0722. The van der Waals surface area contributed by atoms with Crippen LogP contribution in [0.25, 0.3) is 0 Å². The number of benzene rings is 1. The maximum Gasteiger partial charge on any atom is 0.509 e. The maximum atomic E-state index is 13.3. The monoisotopic (exact) mass is 574 g/mol. The number of halogens is 1. The Morgan fingerprint density at radius 1 is 1.18 bits per heavy atom. The van der Waals surface area contributed by atoms with Crippen molar-refractivity contribution >= 4 is 28.7 Å². The van der Waals surface area contributed by atoms with Gasteiger partial charge >= 0.3 is 11.8 Å². The Morgan fingerprint density at radius 2 is 1.94 bits per heavy atom. The molecule has 0 saturated carbocycles. The van der Waals surface area contributed by atoms with Crippen molar-refractivity contribution in [3.05, 3.63) is 68.5 Å². The number of hydrogen-bond donors (Lipinski definition) is 1. The van der Waals surface area contributed by atoms with Crippen molar-refractivity contribution in [2.75, 3.05) is 17.6 Å². The van der Waals surface area contributed by atoms with E-state index in [9.17, 15) is 19.5 Å². The number of aromatic nitrogens is 2. The van der Waals surface area contributed by atoms with Crippen molar-refractivity contribution in [2.24, 2.45) is 0 Å². The minimum Gasteiger partial charge on any atom is -0.422 e. The molecule has 0 amide bonds. The Morgan fingerprint density at radius 3 is 2.64 bits per heavy atom. The first-order valence-corrected chi connectivity index (χ1v) is 11.7. The molecule has 1 N–H and O–H groups in total. The smallest absolute Gasteiger partial charge is 0.422 e. The lowest BCUT2D eigenvalue weighted by atomic mass is 10.1. The number of nitrogens with zero attached hydrogens (tertiary/aromatic N) is 2. The third-order valence-corrected chi connectivity index (χ3v) is 6.45. The molecule has 0 aliphatic carbocycles. The van der Waals surface area contributed by atoms with Crippen LogP contribution < -0.4 is 11.2 Å². The van der Waals surface area contributed by atoms with Gasteiger partial charge in [-0.3, -0.25) is 9.36 Å². The van der Waals surface area contributed by atoms with Crippen LogP contribution in [0.15, 0.2) is 46.1 Å². The normalized spacial score (nSPS) is 26.2. The standard InChI is InChI=1S/C21H23IN2O9/c1-13-9-23(19(27)24(17(13)26)12-29-10-14-5-3-2-4-6-14)18-15-16(32-20(28)31-15)21(11-22,33-18)30-8-7-25/h2-6,9,15-16,18,25H,7-8,10-12H2,1H3/t15-,16?,18+,21+/m0/s1. The summed E-state index contributed by atoms with van der Waals surface area (Å²) >= 11 is 2.00. The topological polar surface area (TPSA) is 127 Å². The number of alkyl halides is 1. The molecule has 2 aliphatic rings. The first-order chi connectivity index (χ1) is 15.9. The zero-order valence-corrected chi connectivity index (χ0v) is 19.9. The molecule has 33 heavy (non-hydrogen) atoms. The summed E-state index contributed by atoms with van der Waals surface area (Å²) in [6.07, 6.45) is -2.62. The Bertz CT molecular complexity index is 1120. The van der Waals surface area contributed by atoms with Gasteiger partial charge in [-0.2, -0.15) is 0 Å². The summed E-state index contributed by atoms with van der Waals surface area (Å²) in [5.74, 6) is -1.43. The molecule has 12 heteroatoms. The van der Waals surface area contributed by atoms with Crippen LogP contribution in [0.4, 0.5) is 4.79 Å². The largest absolute Gasteiger partial charge is 0.509 e. The average Bonchev–Trinajstić information content (AvgIpc) is 3.34. The molecule has 2 aliphatic heterocycles. The summed E-state index contributed by atoms with van der Waals surface area (Å²) in [5.41, 5.74) is -0.0399. The van der Waals surface area contributed by atoms with Gasteiger partial charge < -0.3 is 28.8 Å². The van der Waals surface area contributed by atoms with E-state index in [1.54, 1.807) is 6.92 Å². The number of hydrogen-bond acceptors (Lipinski definition) is 9. The second-order valence-corrected chi connectivity index (χ2v) is 8.36. The molecule has 2 aromatic rings. The van der Waals surface area contributed by atoms with Gasteiger partial charge in [-0.15, -0.1) is 0 Å². The zero-order valence-electron chi connectivity index (χ0n) is 17.7. The fourth-order valence-corrected chi connectivity index (χ4v) is 4.67. The van der Waals surface area contributed by atoms with Crippen molar-refractivity contribution < 1.29 is 33.6 Å². The lowest BCUT2D eigenvalue weighted by Gasteiger charge is -2.30. The second-order valence-electron chi connectivity index (χ2n) is 7.60.